The van der Waals surface area contributed by atoms with Crippen molar-refractivity contribution in [2.24, 2.45) is 0 Å². The number of hydrogen-bond donors (Lipinski definition) is 0. The van der Waals surface area contributed by atoms with Gasteiger partial charge < -0.3 is 9.64 Å². The second-order valence-electron chi connectivity index (χ2n) is 6.53. The molecule has 0 saturated carbocycles. The van der Waals surface area contributed by atoms with E-state index < -0.39 is 0 Å². The third kappa shape index (κ3) is 4.51. The van der Waals surface area contributed by atoms with Crippen molar-refractivity contribution in [3.8, 4) is 0 Å². The second-order valence-corrected chi connectivity index (χ2v) is 6.97. The summed E-state index contributed by atoms with van der Waals surface area (Å²) in [6, 6.07) is 12.1. The summed E-state index contributed by atoms with van der Waals surface area (Å²) in [4.78, 5) is 18.4. The normalized spacial score (nSPS) is 14.2. The maximum atomic E-state index is 12.0. The first kappa shape index (κ1) is 19.4. The Labute approximate surface area is 165 Å². The Morgan fingerprint density at radius 2 is 1.96 bits per heavy atom. The molecule has 1 aromatic heterocycles. The molecule has 27 heavy (non-hydrogen) atoms. The number of amides is 1. The van der Waals surface area contributed by atoms with E-state index >= 15 is 0 Å². The zero-order valence-corrected chi connectivity index (χ0v) is 16.6. The fourth-order valence-corrected chi connectivity index (χ4v) is 3.74. The quantitative estimate of drug-likeness (QED) is 0.713. The van der Waals surface area contributed by atoms with E-state index in [0.717, 1.165) is 30.0 Å². The predicted octanol–water partition coefficient (Wildman–Crippen LogP) is 5.35. The molecule has 2 heterocycles. The number of nitrogens with zero attached hydrogens (tertiary/aromatic N) is 2. The summed E-state index contributed by atoms with van der Waals surface area (Å²) in [5.74, 6) is 0. The van der Waals surface area contributed by atoms with Crippen molar-refractivity contribution in [1.29, 1.82) is 0 Å². The number of aromatic nitrogens is 1. The molecule has 1 fully saturated rings. The number of halogens is 1. The summed E-state index contributed by atoms with van der Waals surface area (Å²) in [5, 5.41) is 0.748. The van der Waals surface area contributed by atoms with Crippen LogP contribution in [0.15, 0.2) is 48.2 Å². The second kappa shape index (κ2) is 9.05. The molecule has 3 rings (SSSR count). The number of carbonyl (C=O) groups excluding carboxylic acids is 1. The SMILES string of the molecule is CCOC(=O)N1CCC(=C(c2ccccn2)c2ccc(Cl)cc2CC)CC1. The number of rotatable bonds is 4. The molecule has 0 radical (unpaired) electrons. The minimum Gasteiger partial charge on any atom is -0.450 e. The molecule has 0 N–H and O–H groups in total. The molecule has 1 aliphatic rings. The van der Waals surface area contributed by atoms with E-state index in [1.54, 1.807) is 4.90 Å². The highest BCUT2D eigenvalue weighted by Gasteiger charge is 2.24. The van der Waals surface area contributed by atoms with Gasteiger partial charge in [0.1, 0.15) is 0 Å². The van der Waals surface area contributed by atoms with Crippen LogP contribution in [-0.4, -0.2) is 35.7 Å². The molecule has 0 unspecified atom stereocenters. The van der Waals surface area contributed by atoms with Gasteiger partial charge in [0, 0.05) is 29.9 Å². The van der Waals surface area contributed by atoms with E-state index in [4.69, 9.17) is 16.3 Å². The molecular formula is C22H25ClN2O2. The number of piperidine rings is 1. The molecule has 0 aliphatic carbocycles. The Bertz CT molecular complexity index is 823. The van der Waals surface area contributed by atoms with Gasteiger partial charge in [-0.05, 0) is 61.6 Å². The summed E-state index contributed by atoms with van der Waals surface area (Å²) >= 11 is 6.23. The highest BCUT2D eigenvalue weighted by molar-refractivity contribution is 6.30. The first-order valence-electron chi connectivity index (χ1n) is 9.48. The third-order valence-corrected chi connectivity index (χ3v) is 5.12. The van der Waals surface area contributed by atoms with Crippen LogP contribution in [0.25, 0.3) is 5.57 Å². The van der Waals surface area contributed by atoms with Gasteiger partial charge in [-0.25, -0.2) is 4.79 Å². The Kier molecular flexibility index (Phi) is 6.51. The molecule has 0 spiro atoms. The van der Waals surface area contributed by atoms with E-state index in [9.17, 15) is 4.79 Å². The van der Waals surface area contributed by atoms with Crippen LogP contribution in [0.3, 0.4) is 0 Å². The largest absolute Gasteiger partial charge is 0.450 e. The van der Waals surface area contributed by atoms with Crippen LogP contribution in [0.4, 0.5) is 4.79 Å². The van der Waals surface area contributed by atoms with Crippen molar-refractivity contribution >= 4 is 23.3 Å². The maximum absolute atomic E-state index is 12.0. The molecule has 1 aromatic carbocycles. The van der Waals surface area contributed by atoms with E-state index in [-0.39, 0.29) is 6.09 Å². The van der Waals surface area contributed by atoms with Crippen molar-refractivity contribution in [3.05, 3.63) is 70.0 Å². The summed E-state index contributed by atoms with van der Waals surface area (Å²) in [5.41, 5.74) is 5.86. The lowest BCUT2D eigenvalue weighted by Gasteiger charge is -2.29. The monoisotopic (exact) mass is 384 g/mol. The zero-order valence-electron chi connectivity index (χ0n) is 15.9. The van der Waals surface area contributed by atoms with Gasteiger partial charge in [0.2, 0.25) is 0 Å². The zero-order chi connectivity index (χ0) is 19.2. The Morgan fingerprint density at radius 3 is 2.59 bits per heavy atom. The number of carbonyl (C=O) groups is 1. The number of pyridine rings is 1. The average Bonchev–Trinajstić information content (AvgIpc) is 2.70. The Morgan fingerprint density at radius 1 is 1.19 bits per heavy atom. The highest BCUT2D eigenvalue weighted by atomic mass is 35.5. The fraction of sp³-hybridized carbons (Fsp3) is 0.364. The standard InChI is InChI=1S/C22H25ClN2O2/c1-3-16-15-18(23)8-9-19(16)21(20-7-5-6-12-24-20)17-10-13-25(14-11-17)22(26)27-4-2/h5-9,12,15H,3-4,10-11,13-14H2,1-2H3. The Balaban J connectivity index is 2.00. The van der Waals surface area contributed by atoms with Gasteiger partial charge in [-0.2, -0.15) is 0 Å². The van der Waals surface area contributed by atoms with Crippen LogP contribution in [0, 0.1) is 0 Å². The Hall–Kier alpha value is -2.33. The van der Waals surface area contributed by atoms with Crippen molar-refractivity contribution in [2.75, 3.05) is 19.7 Å². The van der Waals surface area contributed by atoms with Crippen molar-refractivity contribution < 1.29 is 9.53 Å². The van der Waals surface area contributed by atoms with Crippen LogP contribution in [0.1, 0.15) is 43.5 Å². The van der Waals surface area contributed by atoms with Gasteiger partial charge in [0.05, 0.1) is 12.3 Å². The smallest absolute Gasteiger partial charge is 0.409 e. The van der Waals surface area contributed by atoms with E-state index in [1.165, 1.54) is 22.3 Å². The lowest BCUT2D eigenvalue weighted by molar-refractivity contribution is 0.104. The molecule has 0 bridgehead atoms. The van der Waals surface area contributed by atoms with E-state index in [0.29, 0.717) is 19.7 Å². The molecular weight excluding hydrogens is 360 g/mol. The highest BCUT2D eigenvalue weighted by Crippen LogP contribution is 2.34. The molecule has 1 aliphatic heterocycles. The summed E-state index contributed by atoms with van der Waals surface area (Å²) in [7, 11) is 0. The molecule has 4 nitrogen and oxygen atoms in total. The van der Waals surface area contributed by atoms with Crippen LogP contribution in [-0.2, 0) is 11.2 Å². The van der Waals surface area contributed by atoms with Gasteiger partial charge in [-0.1, -0.05) is 36.2 Å². The van der Waals surface area contributed by atoms with Crippen molar-refractivity contribution in [1.82, 2.24) is 9.88 Å². The summed E-state index contributed by atoms with van der Waals surface area (Å²) < 4.78 is 5.14. The maximum Gasteiger partial charge on any atom is 0.409 e. The predicted molar refractivity (Wildman–Crippen MR) is 109 cm³/mol. The lowest BCUT2D eigenvalue weighted by atomic mass is 9.88. The number of likely N-dealkylation sites (tertiary alicyclic amines) is 1. The van der Waals surface area contributed by atoms with Crippen molar-refractivity contribution in [2.45, 2.75) is 33.1 Å². The fourth-order valence-electron chi connectivity index (χ4n) is 3.54. The molecule has 142 valence electrons. The molecule has 1 saturated heterocycles. The van der Waals surface area contributed by atoms with Crippen molar-refractivity contribution in [3.63, 3.8) is 0 Å². The molecule has 0 atom stereocenters. The molecule has 5 heteroatoms. The van der Waals surface area contributed by atoms with E-state index in [1.807, 2.05) is 43.5 Å². The summed E-state index contributed by atoms with van der Waals surface area (Å²) in [6.45, 7) is 5.71. The molecule has 1 amide bonds. The van der Waals surface area contributed by atoms with Gasteiger partial charge >= 0.3 is 6.09 Å². The lowest BCUT2D eigenvalue weighted by Crippen LogP contribution is -2.37. The third-order valence-electron chi connectivity index (χ3n) is 4.89. The van der Waals surface area contributed by atoms with Crippen LogP contribution >= 0.6 is 11.6 Å². The average molecular weight is 385 g/mol. The number of hydrogen-bond acceptors (Lipinski definition) is 3. The van der Waals surface area contributed by atoms with Gasteiger partial charge in [-0.3, -0.25) is 4.98 Å². The first-order valence-corrected chi connectivity index (χ1v) is 9.85. The van der Waals surface area contributed by atoms with Gasteiger partial charge in [0.25, 0.3) is 0 Å². The number of aryl methyl sites for hydroxylation is 1. The number of ether oxygens (including phenoxy) is 1. The van der Waals surface area contributed by atoms with Crippen LogP contribution in [0.5, 0.6) is 0 Å². The minimum absolute atomic E-state index is 0.225. The van der Waals surface area contributed by atoms with Gasteiger partial charge in [-0.15, -0.1) is 0 Å². The van der Waals surface area contributed by atoms with Gasteiger partial charge in [0.15, 0.2) is 0 Å². The topological polar surface area (TPSA) is 42.4 Å². The van der Waals surface area contributed by atoms with Crippen LogP contribution in [0.2, 0.25) is 5.02 Å². The van der Waals surface area contributed by atoms with Crippen LogP contribution < -0.4 is 0 Å². The number of benzene rings is 1. The summed E-state index contributed by atoms with van der Waals surface area (Å²) in [6.07, 6.45) is 4.13. The molecule has 2 aromatic rings. The minimum atomic E-state index is -0.225. The first-order chi connectivity index (χ1) is 13.1. The van der Waals surface area contributed by atoms with E-state index in [2.05, 4.69) is 18.0 Å².